The summed E-state index contributed by atoms with van der Waals surface area (Å²) in [5.41, 5.74) is 1.09. The number of ether oxygens (including phenoxy) is 1. The number of aromatic nitrogens is 1. The third kappa shape index (κ3) is 5.17. The molecule has 1 fully saturated rings. The summed E-state index contributed by atoms with van der Waals surface area (Å²) in [6.07, 6.45) is 1.68. The smallest absolute Gasteiger partial charge is 0.303 e. The minimum atomic E-state index is -1.23. The summed E-state index contributed by atoms with van der Waals surface area (Å²) in [5.74, 6) is 0.929. The number of alkyl halides is 1. The minimum Gasteiger partial charge on any atom is -0.493 e. The van der Waals surface area contributed by atoms with Crippen molar-refractivity contribution in [1.29, 1.82) is 0 Å². The fourth-order valence-corrected chi connectivity index (χ4v) is 2.90. The van der Waals surface area contributed by atoms with E-state index in [1.54, 1.807) is 24.4 Å². The van der Waals surface area contributed by atoms with Gasteiger partial charge >= 0.3 is 5.97 Å². The maximum atomic E-state index is 13.9. The van der Waals surface area contributed by atoms with Crippen LogP contribution >= 0.6 is 0 Å². The van der Waals surface area contributed by atoms with Crippen LogP contribution in [0.1, 0.15) is 30.7 Å². The monoisotopic (exact) mass is 344 g/mol. The number of hydrogen-bond donors (Lipinski definition) is 2. The van der Waals surface area contributed by atoms with E-state index in [2.05, 4.69) is 10.3 Å². The first-order valence-corrected chi connectivity index (χ1v) is 8.38. The highest BCUT2D eigenvalue weighted by Gasteiger charge is 2.39. The molecule has 2 N–H and O–H groups in total. The van der Waals surface area contributed by atoms with Crippen LogP contribution in [0.3, 0.4) is 0 Å². The number of rotatable bonds is 9. The molecule has 1 aliphatic rings. The lowest BCUT2D eigenvalue weighted by molar-refractivity contribution is -0.137. The zero-order chi connectivity index (χ0) is 17.6. The molecule has 0 bridgehead atoms. The van der Waals surface area contributed by atoms with Crippen molar-refractivity contribution >= 4 is 11.8 Å². The number of carbonyl (C=O) groups is 1. The topological polar surface area (TPSA) is 71.5 Å². The van der Waals surface area contributed by atoms with Crippen molar-refractivity contribution in [3.05, 3.63) is 54.2 Å². The van der Waals surface area contributed by atoms with Crippen molar-refractivity contribution in [1.82, 2.24) is 4.98 Å². The average molecular weight is 344 g/mol. The zero-order valence-corrected chi connectivity index (χ0v) is 13.8. The number of carboxylic acids is 1. The lowest BCUT2D eigenvalue weighted by Crippen LogP contribution is -2.17. The zero-order valence-electron chi connectivity index (χ0n) is 13.8. The maximum absolute atomic E-state index is 13.9. The Labute approximate surface area is 145 Å². The Bertz CT molecular complexity index is 711. The normalized spacial score (nSPS) is 19.9. The van der Waals surface area contributed by atoms with Gasteiger partial charge in [0, 0.05) is 19.0 Å². The lowest BCUT2D eigenvalue weighted by Gasteiger charge is -2.12. The number of nitrogens with one attached hydrogen (secondary N) is 1. The molecule has 1 heterocycles. The van der Waals surface area contributed by atoms with E-state index in [1.165, 1.54) is 0 Å². The third-order valence-corrected chi connectivity index (χ3v) is 4.26. The van der Waals surface area contributed by atoms with Crippen molar-refractivity contribution in [3.8, 4) is 5.75 Å². The number of aliphatic carboxylic acids is 1. The van der Waals surface area contributed by atoms with Gasteiger partial charge in [0.15, 0.2) is 6.30 Å². The molecule has 3 rings (SSSR count). The Morgan fingerprint density at radius 2 is 2.24 bits per heavy atom. The summed E-state index contributed by atoms with van der Waals surface area (Å²) in [6.45, 7) is 0.244. The maximum Gasteiger partial charge on any atom is 0.303 e. The first-order valence-electron chi connectivity index (χ1n) is 8.38. The quantitative estimate of drug-likeness (QED) is 0.676. The van der Waals surface area contributed by atoms with Crippen molar-refractivity contribution in [2.24, 2.45) is 5.92 Å². The molecule has 0 saturated heterocycles. The third-order valence-electron chi connectivity index (χ3n) is 4.26. The summed E-state index contributed by atoms with van der Waals surface area (Å²) in [6, 6.07) is 12.9. The Balaban J connectivity index is 1.44. The van der Waals surface area contributed by atoms with Gasteiger partial charge in [-0.1, -0.05) is 18.2 Å². The molecule has 2 aromatic rings. The molecule has 3 atom stereocenters. The molecule has 1 aromatic heterocycles. The molecule has 25 heavy (non-hydrogen) atoms. The van der Waals surface area contributed by atoms with Crippen molar-refractivity contribution in [2.75, 3.05) is 11.9 Å². The Morgan fingerprint density at radius 3 is 3.00 bits per heavy atom. The highest BCUT2D eigenvalue weighted by Crippen LogP contribution is 2.50. The first-order chi connectivity index (χ1) is 12.1. The molecule has 1 saturated carbocycles. The number of carboxylic acid groups (broad SMARTS) is 1. The predicted molar refractivity (Wildman–Crippen MR) is 92.4 cm³/mol. The molecule has 5 nitrogen and oxygen atoms in total. The largest absolute Gasteiger partial charge is 0.493 e. The van der Waals surface area contributed by atoms with E-state index in [4.69, 9.17) is 9.84 Å². The van der Waals surface area contributed by atoms with Crippen LogP contribution in [0.25, 0.3) is 0 Å². The van der Waals surface area contributed by atoms with Crippen LogP contribution in [0.15, 0.2) is 48.7 Å². The molecular formula is C19H21FN2O3. The molecule has 1 aromatic carbocycles. The Kier molecular flexibility index (Phi) is 5.48. The van der Waals surface area contributed by atoms with Gasteiger partial charge in [-0.15, -0.1) is 0 Å². The van der Waals surface area contributed by atoms with E-state index in [0.717, 1.165) is 12.0 Å². The van der Waals surface area contributed by atoms with E-state index >= 15 is 0 Å². The van der Waals surface area contributed by atoms with Crippen LogP contribution in [0.4, 0.5) is 10.2 Å². The average Bonchev–Trinajstić information content (AvgIpc) is 3.34. The second kappa shape index (κ2) is 7.96. The summed E-state index contributed by atoms with van der Waals surface area (Å²) in [5, 5.41) is 11.5. The number of hydrogen-bond acceptors (Lipinski definition) is 4. The van der Waals surface area contributed by atoms with Crippen molar-refractivity contribution < 1.29 is 19.0 Å². The minimum absolute atomic E-state index is 0.200. The van der Waals surface area contributed by atoms with Crippen LogP contribution in [0.5, 0.6) is 5.75 Å². The predicted octanol–water partition coefficient (Wildman–Crippen LogP) is 3.84. The second-order valence-corrected chi connectivity index (χ2v) is 6.24. The fourth-order valence-electron chi connectivity index (χ4n) is 2.90. The van der Waals surface area contributed by atoms with Gasteiger partial charge in [-0.25, -0.2) is 9.37 Å². The van der Waals surface area contributed by atoms with Crippen LogP contribution in [0, 0.1) is 5.92 Å². The highest BCUT2D eigenvalue weighted by atomic mass is 19.1. The molecular weight excluding hydrogens is 323 g/mol. The van der Waals surface area contributed by atoms with Crippen LogP contribution in [-0.2, 0) is 4.79 Å². The van der Waals surface area contributed by atoms with Gasteiger partial charge in [-0.05, 0) is 48.1 Å². The van der Waals surface area contributed by atoms with Gasteiger partial charge in [0.1, 0.15) is 11.6 Å². The molecule has 6 heteroatoms. The van der Waals surface area contributed by atoms with Gasteiger partial charge in [-0.2, -0.15) is 0 Å². The molecule has 0 spiro atoms. The molecule has 132 valence electrons. The summed E-state index contributed by atoms with van der Waals surface area (Å²) in [4.78, 5) is 14.8. The fraction of sp³-hybridized carbons (Fsp3) is 0.368. The number of halogens is 1. The van der Waals surface area contributed by atoms with Gasteiger partial charge in [0.2, 0.25) is 0 Å². The molecule has 0 amide bonds. The van der Waals surface area contributed by atoms with Crippen molar-refractivity contribution in [2.45, 2.75) is 31.5 Å². The van der Waals surface area contributed by atoms with E-state index in [9.17, 15) is 9.18 Å². The SMILES string of the molecule is O=C(O)CC1CC1c1cccc(OCCC(F)Nc2ccccn2)c1. The van der Waals surface area contributed by atoms with Crippen LogP contribution in [-0.4, -0.2) is 29.0 Å². The van der Waals surface area contributed by atoms with Gasteiger partial charge in [-0.3, -0.25) is 4.79 Å². The number of nitrogens with zero attached hydrogens (tertiary/aromatic N) is 1. The van der Waals surface area contributed by atoms with Crippen LogP contribution < -0.4 is 10.1 Å². The summed E-state index contributed by atoms with van der Waals surface area (Å²) >= 11 is 0. The van der Waals surface area contributed by atoms with Gasteiger partial charge in [0.05, 0.1) is 6.61 Å². The number of anilines is 1. The molecule has 0 aliphatic heterocycles. The van der Waals surface area contributed by atoms with E-state index in [0.29, 0.717) is 17.5 Å². The molecule has 0 radical (unpaired) electrons. The summed E-state index contributed by atoms with van der Waals surface area (Å²) < 4.78 is 19.5. The van der Waals surface area contributed by atoms with Gasteiger partial charge < -0.3 is 15.2 Å². The van der Waals surface area contributed by atoms with E-state index in [-0.39, 0.29) is 25.4 Å². The van der Waals surface area contributed by atoms with E-state index < -0.39 is 12.3 Å². The number of benzene rings is 1. The van der Waals surface area contributed by atoms with Crippen molar-refractivity contribution in [3.63, 3.8) is 0 Å². The second-order valence-electron chi connectivity index (χ2n) is 6.24. The van der Waals surface area contributed by atoms with Crippen LogP contribution in [0.2, 0.25) is 0 Å². The summed E-state index contributed by atoms with van der Waals surface area (Å²) in [7, 11) is 0. The van der Waals surface area contributed by atoms with Gasteiger partial charge in [0.25, 0.3) is 0 Å². The van der Waals surface area contributed by atoms with E-state index in [1.807, 2.05) is 24.3 Å². The lowest BCUT2D eigenvalue weighted by atomic mass is 10.1. The number of pyridine rings is 1. The first kappa shape index (κ1) is 17.2. The standard InChI is InChI=1S/C19H21FN2O3/c20-17(22-18-6-1-2-8-21-18)7-9-25-15-5-3-4-13(10-15)16-11-14(16)12-19(23)24/h1-6,8,10,14,16-17H,7,9,11-12H2,(H,21,22)(H,23,24). The Hall–Kier alpha value is -2.63. The molecule has 1 aliphatic carbocycles. The Morgan fingerprint density at radius 1 is 1.36 bits per heavy atom. The highest BCUT2D eigenvalue weighted by molar-refractivity contribution is 5.68. The molecule has 3 unspecified atom stereocenters.